The number of hydrogen-bond acceptors (Lipinski definition) is 2. The maximum absolute atomic E-state index is 14.0. The van der Waals surface area contributed by atoms with E-state index in [2.05, 4.69) is 5.32 Å². The van der Waals surface area contributed by atoms with Crippen LogP contribution in [0.1, 0.15) is 31.2 Å². The van der Waals surface area contributed by atoms with Crippen molar-refractivity contribution >= 4 is 0 Å². The van der Waals surface area contributed by atoms with Crippen molar-refractivity contribution in [1.82, 2.24) is 5.32 Å². The highest BCUT2D eigenvalue weighted by atomic mass is 19.1. The molecule has 3 rings (SSSR count). The third kappa shape index (κ3) is 3.48. The van der Waals surface area contributed by atoms with Crippen molar-refractivity contribution < 1.29 is 13.5 Å². The summed E-state index contributed by atoms with van der Waals surface area (Å²) in [5.41, 5.74) is 0.690. The molecule has 1 aliphatic carbocycles. The Labute approximate surface area is 118 Å². The number of rotatable bonds is 5. The van der Waals surface area contributed by atoms with Gasteiger partial charge in [0.1, 0.15) is 5.82 Å². The van der Waals surface area contributed by atoms with Crippen LogP contribution in [0.5, 0.6) is 5.75 Å². The first-order valence-corrected chi connectivity index (χ1v) is 7.54. The standard InChI is InChI=1S/C16H21F2NO/c17-14-8-13(7-11-3-5-19-6-4-11)16(15(18)9-14)20-10-12-1-2-12/h8-9,11-12,19H,1-7,10H2. The summed E-state index contributed by atoms with van der Waals surface area (Å²) in [4.78, 5) is 0. The lowest BCUT2D eigenvalue weighted by atomic mass is 9.90. The van der Waals surface area contributed by atoms with Gasteiger partial charge in [-0.1, -0.05) is 0 Å². The van der Waals surface area contributed by atoms with Crippen molar-refractivity contribution in [2.75, 3.05) is 19.7 Å². The molecule has 0 atom stereocenters. The largest absolute Gasteiger partial charge is 0.490 e. The van der Waals surface area contributed by atoms with Crippen LogP contribution in [0.4, 0.5) is 8.78 Å². The molecule has 2 nitrogen and oxygen atoms in total. The molecule has 0 bridgehead atoms. The molecule has 20 heavy (non-hydrogen) atoms. The van der Waals surface area contributed by atoms with Crippen LogP contribution >= 0.6 is 0 Å². The molecule has 1 aromatic carbocycles. The predicted octanol–water partition coefficient (Wildman–Crippen LogP) is 3.30. The van der Waals surface area contributed by atoms with Crippen molar-refractivity contribution in [3.63, 3.8) is 0 Å². The van der Waals surface area contributed by atoms with Gasteiger partial charge in [-0.15, -0.1) is 0 Å². The molecule has 0 spiro atoms. The molecule has 1 aromatic rings. The SMILES string of the molecule is Fc1cc(F)c(OCC2CC2)c(CC2CCNCC2)c1. The maximum atomic E-state index is 14.0. The summed E-state index contributed by atoms with van der Waals surface area (Å²) in [5, 5.41) is 3.31. The third-order valence-electron chi connectivity index (χ3n) is 4.21. The molecule has 1 saturated carbocycles. The molecular weight excluding hydrogens is 260 g/mol. The summed E-state index contributed by atoms with van der Waals surface area (Å²) in [6.07, 6.45) is 5.13. The number of hydrogen-bond donors (Lipinski definition) is 1. The van der Waals surface area contributed by atoms with Gasteiger partial charge in [0.15, 0.2) is 11.6 Å². The van der Waals surface area contributed by atoms with E-state index in [0.717, 1.165) is 44.8 Å². The van der Waals surface area contributed by atoms with Gasteiger partial charge in [-0.3, -0.25) is 0 Å². The van der Waals surface area contributed by atoms with Gasteiger partial charge in [0.25, 0.3) is 0 Å². The van der Waals surface area contributed by atoms with E-state index < -0.39 is 11.6 Å². The van der Waals surface area contributed by atoms with Gasteiger partial charge >= 0.3 is 0 Å². The van der Waals surface area contributed by atoms with Crippen molar-refractivity contribution in [2.24, 2.45) is 11.8 Å². The molecule has 0 radical (unpaired) electrons. The van der Waals surface area contributed by atoms with Gasteiger partial charge in [0, 0.05) is 11.6 Å². The van der Waals surface area contributed by atoms with Crippen LogP contribution in [0.25, 0.3) is 0 Å². The molecule has 4 heteroatoms. The van der Waals surface area contributed by atoms with E-state index in [4.69, 9.17) is 4.74 Å². The van der Waals surface area contributed by atoms with Crippen LogP contribution < -0.4 is 10.1 Å². The lowest BCUT2D eigenvalue weighted by Crippen LogP contribution is -2.28. The van der Waals surface area contributed by atoms with E-state index in [9.17, 15) is 8.78 Å². The molecule has 0 unspecified atom stereocenters. The van der Waals surface area contributed by atoms with Crippen molar-refractivity contribution in [3.05, 3.63) is 29.3 Å². The van der Waals surface area contributed by atoms with E-state index in [0.29, 0.717) is 30.4 Å². The fourth-order valence-electron chi connectivity index (χ4n) is 2.81. The molecule has 0 aromatic heterocycles. The number of benzene rings is 1. The Morgan fingerprint density at radius 3 is 2.50 bits per heavy atom. The highest BCUT2D eigenvalue weighted by Gasteiger charge is 2.24. The summed E-state index contributed by atoms with van der Waals surface area (Å²) in [7, 11) is 0. The average Bonchev–Trinajstić information content (AvgIpc) is 3.23. The summed E-state index contributed by atoms with van der Waals surface area (Å²) in [6.45, 7) is 2.53. The third-order valence-corrected chi connectivity index (χ3v) is 4.21. The minimum absolute atomic E-state index is 0.275. The summed E-state index contributed by atoms with van der Waals surface area (Å²) < 4.78 is 33.1. The second kappa shape index (κ2) is 6.08. The summed E-state index contributed by atoms with van der Waals surface area (Å²) in [5.74, 6) is 0.253. The van der Waals surface area contributed by atoms with Crippen LogP contribution in [0, 0.1) is 23.5 Å². The molecule has 1 aliphatic heterocycles. The Bertz CT molecular complexity index is 468. The molecule has 1 heterocycles. The summed E-state index contributed by atoms with van der Waals surface area (Å²) >= 11 is 0. The van der Waals surface area contributed by atoms with Crippen LogP contribution in [0.15, 0.2) is 12.1 Å². The average molecular weight is 281 g/mol. The van der Waals surface area contributed by atoms with E-state index in [1.165, 1.54) is 6.07 Å². The number of halogens is 2. The lowest BCUT2D eigenvalue weighted by molar-refractivity contribution is 0.277. The molecule has 1 N–H and O–H groups in total. The van der Waals surface area contributed by atoms with Gasteiger partial charge in [0.2, 0.25) is 0 Å². The molecular formula is C16H21F2NO. The molecule has 110 valence electrons. The molecule has 2 fully saturated rings. The molecule has 1 saturated heterocycles. The zero-order valence-electron chi connectivity index (χ0n) is 11.6. The van der Waals surface area contributed by atoms with Crippen LogP contribution in [-0.2, 0) is 6.42 Å². The first-order chi connectivity index (χ1) is 9.72. The van der Waals surface area contributed by atoms with E-state index in [1.54, 1.807) is 0 Å². The Kier molecular flexibility index (Phi) is 4.20. The lowest BCUT2D eigenvalue weighted by Gasteiger charge is -2.23. The topological polar surface area (TPSA) is 21.3 Å². The fourth-order valence-corrected chi connectivity index (χ4v) is 2.81. The van der Waals surface area contributed by atoms with Crippen molar-refractivity contribution in [3.8, 4) is 5.75 Å². The number of piperidine rings is 1. The van der Waals surface area contributed by atoms with Crippen LogP contribution in [0.3, 0.4) is 0 Å². The maximum Gasteiger partial charge on any atom is 0.168 e. The highest BCUT2D eigenvalue weighted by molar-refractivity contribution is 5.36. The highest BCUT2D eigenvalue weighted by Crippen LogP contribution is 2.33. The van der Waals surface area contributed by atoms with Crippen LogP contribution in [-0.4, -0.2) is 19.7 Å². The van der Waals surface area contributed by atoms with E-state index in [1.807, 2.05) is 0 Å². The van der Waals surface area contributed by atoms with Crippen molar-refractivity contribution in [1.29, 1.82) is 0 Å². The normalized spacial score (nSPS) is 20.1. The Hall–Kier alpha value is -1.16. The Morgan fingerprint density at radius 1 is 1.05 bits per heavy atom. The van der Waals surface area contributed by atoms with Gasteiger partial charge in [-0.05, 0) is 63.1 Å². The van der Waals surface area contributed by atoms with Gasteiger partial charge in [0.05, 0.1) is 6.61 Å². The van der Waals surface area contributed by atoms with E-state index >= 15 is 0 Å². The van der Waals surface area contributed by atoms with Crippen molar-refractivity contribution in [2.45, 2.75) is 32.1 Å². The number of ether oxygens (including phenoxy) is 1. The molecule has 2 aliphatic rings. The molecule has 0 amide bonds. The zero-order valence-corrected chi connectivity index (χ0v) is 11.6. The first kappa shape index (κ1) is 13.8. The van der Waals surface area contributed by atoms with Gasteiger partial charge < -0.3 is 10.1 Å². The van der Waals surface area contributed by atoms with E-state index in [-0.39, 0.29) is 5.75 Å². The first-order valence-electron chi connectivity index (χ1n) is 7.54. The van der Waals surface area contributed by atoms with Crippen LogP contribution in [0.2, 0.25) is 0 Å². The second-order valence-electron chi connectivity index (χ2n) is 6.03. The second-order valence-corrected chi connectivity index (χ2v) is 6.03. The predicted molar refractivity (Wildman–Crippen MR) is 73.9 cm³/mol. The van der Waals surface area contributed by atoms with Gasteiger partial charge in [-0.2, -0.15) is 0 Å². The Balaban J connectivity index is 1.74. The monoisotopic (exact) mass is 281 g/mol. The zero-order chi connectivity index (χ0) is 13.9. The Morgan fingerprint density at radius 2 is 1.80 bits per heavy atom. The van der Waals surface area contributed by atoms with Gasteiger partial charge in [-0.25, -0.2) is 8.78 Å². The minimum atomic E-state index is -0.561. The fraction of sp³-hybridized carbons (Fsp3) is 0.625. The number of nitrogens with one attached hydrogen (secondary N) is 1. The quantitative estimate of drug-likeness (QED) is 0.894. The smallest absolute Gasteiger partial charge is 0.168 e. The summed E-state index contributed by atoms with van der Waals surface area (Å²) in [6, 6.07) is 2.36. The minimum Gasteiger partial charge on any atom is -0.490 e.